The number of aromatic nitrogens is 2. The van der Waals surface area contributed by atoms with Gasteiger partial charge in [0.1, 0.15) is 11.4 Å². The average Bonchev–Trinajstić information content (AvgIpc) is 3.46. The molecule has 2 N–H and O–H groups in total. The Morgan fingerprint density at radius 2 is 1.96 bits per heavy atom. The van der Waals surface area contributed by atoms with Gasteiger partial charge in [-0.3, -0.25) is 0 Å². The Morgan fingerprint density at radius 1 is 1.04 bits per heavy atom. The molecule has 1 saturated carbocycles. The summed E-state index contributed by atoms with van der Waals surface area (Å²) in [6.45, 7) is 2.17. The molecule has 4 heteroatoms. The summed E-state index contributed by atoms with van der Waals surface area (Å²) in [5, 5.41) is 4.70. The van der Waals surface area contributed by atoms with Crippen molar-refractivity contribution in [1.82, 2.24) is 15.3 Å². The monoisotopic (exact) mass is 347 g/mol. The van der Waals surface area contributed by atoms with Crippen molar-refractivity contribution in [1.29, 1.82) is 0 Å². The predicted molar refractivity (Wildman–Crippen MR) is 105 cm³/mol. The standard InChI is InChI=1S/C22H25N3O/c1-26-21-7-6-15(14-4-5-14)11-18(21)17-8-10-24-22-19(17)12-20(25-22)16-3-2-9-23-13-16/h6-8,10-12,14,16,23H,2-5,9,13H2,1H3,(H,24,25). The molecule has 0 spiro atoms. The van der Waals surface area contributed by atoms with Crippen molar-refractivity contribution in [3.63, 3.8) is 0 Å². The van der Waals surface area contributed by atoms with Gasteiger partial charge in [-0.1, -0.05) is 6.07 Å². The Balaban J connectivity index is 1.62. The van der Waals surface area contributed by atoms with E-state index in [0.717, 1.165) is 30.4 Å². The largest absolute Gasteiger partial charge is 0.496 e. The maximum atomic E-state index is 5.69. The summed E-state index contributed by atoms with van der Waals surface area (Å²) in [5.74, 6) is 2.21. The lowest BCUT2D eigenvalue weighted by molar-refractivity contribution is 0.416. The molecule has 4 nitrogen and oxygen atoms in total. The summed E-state index contributed by atoms with van der Waals surface area (Å²) in [7, 11) is 1.75. The number of H-pyrrole nitrogens is 1. The molecule has 3 aromatic rings. The number of hydrogen-bond donors (Lipinski definition) is 2. The molecule has 5 rings (SSSR count). The minimum atomic E-state index is 0.547. The number of aromatic amines is 1. The van der Waals surface area contributed by atoms with E-state index in [2.05, 4.69) is 45.6 Å². The van der Waals surface area contributed by atoms with Crippen LogP contribution >= 0.6 is 0 Å². The Kier molecular flexibility index (Phi) is 3.93. The Bertz CT molecular complexity index is 936. The van der Waals surface area contributed by atoms with Crippen molar-refractivity contribution in [2.75, 3.05) is 20.2 Å². The average molecular weight is 347 g/mol. The molecule has 0 bridgehead atoms. The fourth-order valence-corrected chi connectivity index (χ4v) is 4.23. The van der Waals surface area contributed by atoms with Crippen LogP contribution in [0, 0.1) is 0 Å². The van der Waals surface area contributed by atoms with E-state index in [4.69, 9.17) is 4.74 Å². The number of nitrogens with zero attached hydrogens (tertiary/aromatic N) is 1. The summed E-state index contributed by atoms with van der Waals surface area (Å²) < 4.78 is 5.69. The highest BCUT2D eigenvalue weighted by Gasteiger charge is 2.25. The molecular weight excluding hydrogens is 322 g/mol. The van der Waals surface area contributed by atoms with Crippen molar-refractivity contribution in [2.24, 2.45) is 0 Å². The molecule has 1 atom stereocenters. The third-order valence-electron chi connectivity index (χ3n) is 5.85. The van der Waals surface area contributed by atoms with Gasteiger partial charge < -0.3 is 15.0 Å². The van der Waals surface area contributed by atoms with Crippen LogP contribution in [0.3, 0.4) is 0 Å². The number of hydrogen-bond acceptors (Lipinski definition) is 3. The molecule has 1 aliphatic carbocycles. The van der Waals surface area contributed by atoms with Crippen molar-refractivity contribution in [3.8, 4) is 16.9 Å². The zero-order valence-electron chi connectivity index (χ0n) is 15.2. The number of methoxy groups -OCH3 is 1. The summed E-state index contributed by atoms with van der Waals surface area (Å²) in [6, 6.07) is 11.1. The Morgan fingerprint density at radius 3 is 2.73 bits per heavy atom. The molecule has 26 heavy (non-hydrogen) atoms. The van der Waals surface area contributed by atoms with Crippen molar-refractivity contribution >= 4 is 11.0 Å². The highest BCUT2D eigenvalue weighted by atomic mass is 16.5. The highest BCUT2D eigenvalue weighted by Crippen LogP contribution is 2.44. The number of nitrogens with one attached hydrogen (secondary N) is 2. The number of benzene rings is 1. The first-order chi connectivity index (χ1) is 12.8. The number of fused-ring (bicyclic) bond motifs is 1. The summed E-state index contributed by atoms with van der Waals surface area (Å²) in [6.07, 6.45) is 6.98. The van der Waals surface area contributed by atoms with Gasteiger partial charge in [0.2, 0.25) is 0 Å². The molecule has 1 aliphatic heterocycles. The lowest BCUT2D eigenvalue weighted by Crippen LogP contribution is -2.28. The summed E-state index contributed by atoms with van der Waals surface area (Å²) >= 11 is 0. The zero-order valence-corrected chi connectivity index (χ0v) is 15.2. The van der Waals surface area contributed by atoms with Gasteiger partial charge in [-0.2, -0.15) is 0 Å². The molecule has 1 saturated heterocycles. The number of ether oxygens (including phenoxy) is 1. The van der Waals surface area contributed by atoms with Crippen LogP contribution in [0.25, 0.3) is 22.2 Å². The van der Waals surface area contributed by atoms with Crippen LogP contribution in [-0.4, -0.2) is 30.2 Å². The predicted octanol–water partition coefficient (Wildman–Crippen LogP) is 4.58. The van der Waals surface area contributed by atoms with E-state index in [0.29, 0.717) is 5.92 Å². The molecule has 0 amide bonds. The Hall–Kier alpha value is -2.33. The first kappa shape index (κ1) is 15.9. The molecule has 2 aliphatic rings. The summed E-state index contributed by atoms with van der Waals surface area (Å²) in [4.78, 5) is 8.16. The molecule has 1 aromatic carbocycles. The molecular formula is C22H25N3O. The lowest BCUT2D eigenvalue weighted by Gasteiger charge is -2.21. The van der Waals surface area contributed by atoms with Crippen LogP contribution in [0.4, 0.5) is 0 Å². The van der Waals surface area contributed by atoms with Gasteiger partial charge in [-0.05, 0) is 73.5 Å². The number of piperidine rings is 1. The molecule has 2 aromatic heterocycles. The quantitative estimate of drug-likeness (QED) is 0.726. The third-order valence-corrected chi connectivity index (χ3v) is 5.85. The smallest absolute Gasteiger partial charge is 0.138 e. The lowest BCUT2D eigenvalue weighted by atomic mass is 9.95. The Labute approximate surface area is 154 Å². The first-order valence-electron chi connectivity index (χ1n) is 9.70. The molecule has 1 unspecified atom stereocenters. The molecule has 134 valence electrons. The van der Waals surface area contributed by atoms with E-state index < -0.39 is 0 Å². The topological polar surface area (TPSA) is 49.9 Å². The second kappa shape index (κ2) is 6.44. The van der Waals surface area contributed by atoms with E-state index in [1.165, 1.54) is 53.5 Å². The zero-order chi connectivity index (χ0) is 17.5. The van der Waals surface area contributed by atoms with Gasteiger partial charge in [0.05, 0.1) is 7.11 Å². The van der Waals surface area contributed by atoms with Crippen LogP contribution < -0.4 is 10.1 Å². The van der Waals surface area contributed by atoms with E-state index >= 15 is 0 Å². The van der Waals surface area contributed by atoms with Crippen molar-refractivity contribution < 1.29 is 4.74 Å². The third kappa shape index (κ3) is 2.78. The fourth-order valence-electron chi connectivity index (χ4n) is 4.23. The SMILES string of the molecule is COc1ccc(C2CC2)cc1-c1ccnc2[nH]c(C3CCCNC3)cc12. The first-order valence-corrected chi connectivity index (χ1v) is 9.70. The van der Waals surface area contributed by atoms with E-state index in [1.807, 2.05) is 6.20 Å². The van der Waals surface area contributed by atoms with Crippen molar-refractivity contribution in [3.05, 3.63) is 47.8 Å². The van der Waals surface area contributed by atoms with E-state index in [1.54, 1.807) is 7.11 Å². The maximum Gasteiger partial charge on any atom is 0.138 e. The molecule has 3 heterocycles. The minimum absolute atomic E-state index is 0.547. The van der Waals surface area contributed by atoms with Crippen LogP contribution in [0.1, 0.15) is 48.8 Å². The fraction of sp³-hybridized carbons (Fsp3) is 0.409. The van der Waals surface area contributed by atoms with Gasteiger partial charge in [0.25, 0.3) is 0 Å². The highest BCUT2D eigenvalue weighted by molar-refractivity contribution is 5.95. The normalized spacial score (nSPS) is 20.4. The van der Waals surface area contributed by atoms with Crippen LogP contribution in [0.5, 0.6) is 5.75 Å². The minimum Gasteiger partial charge on any atom is -0.496 e. The maximum absolute atomic E-state index is 5.69. The van der Waals surface area contributed by atoms with E-state index in [9.17, 15) is 0 Å². The molecule has 2 fully saturated rings. The van der Waals surface area contributed by atoms with Gasteiger partial charge in [-0.15, -0.1) is 0 Å². The second-order valence-corrected chi connectivity index (χ2v) is 7.62. The van der Waals surface area contributed by atoms with Gasteiger partial charge in [0, 0.05) is 35.3 Å². The second-order valence-electron chi connectivity index (χ2n) is 7.62. The van der Waals surface area contributed by atoms with Gasteiger partial charge >= 0.3 is 0 Å². The van der Waals surface area contributed by atoms with Crippen LogP contribution in [0.2, 0.25) is 0 Å². The number of rotatable bonds is 4. The molecule has 0 radical (unpaired) electrons. The van der Waals surface area contributed by atoms with Gasteiger partial charge in [0.15, 0.2) is 0 Å². The van der Waals surface area contributed by atoms with E-state index in [-0.39, 0.29) is 0 Å². The van der Waals surface area contributed by atoms with Crippen LogP contribution in [0.15, 0.2) is 36.5 Å². The van der Waals surface area contributed by atoms with Crippen LogP contribution in [-0.2, 0) is 0 Å². The summed E-state index contributed by atoms with van der Waals surface area (Å²) in [5.41, 5.74) is 6.08. The van der Waals surface area contributed by atoms with Crippen molar-refractivity contribution in [2.45, 2.75) is 37.5 Å². The van der Waals surface area contributed by atoms with Gasteiger partial charge in [-0.25, -0.2) is 4.98 Å². The number of pyridine rings is 1.